The first-order chi connectivity index (χ1) is 6.77. The molecule has 0 saturated carbocycles. The van der Waals surface area contributed by atoms with E-state index in [0.717, 1.165) is 25.9 Å². The molecule has 0 aromatic heterocycles. The van der Waals surface area contributed by atoms with Gasteiger partial charge < -0.3 is 5.11 Å². The molecule has 1 saturated heterocycles. The van der Waals surface area contributed by atoms with Gasteiger partial charge in [-0.25, -0.2) is 0 Å². The highest BCUT2D eigenvalue weighted by atomic mass is 16.4. The van der Waals surface area contributed by atoms with E-state index < -0.39 is 5.97 Å². The van der Waals surface area contributed by atoms with Crippen molar-refractivity contribution in [1.82, 2.24) is 4.90 Å². The van der Waals surface area contributed by atoms with Gasteiger partial charge in [-0.2, -0.15) is 0 Å². The van der Waals surface area contributed by atoms with Crippen LogP contribution in [0, 0.1) is 5.92 Å². The van der Waals surface area contributed by atoms with Crippen molar-refractivity contribution in [1.29, 1.82) is 0 Å². The number of rotatable bonds is 2. The van der Waals surface area contributed by atoms with Crippen molar-refractivity contribution in [3.8, 4) is 0 Å². The minimum atomic E-state index is -0.619. The Bertz CT molecular complexity index is 242. The van der Waals surface area contributed by atoms with Crippen molar-refractivity contribution >= 4 is 5.97 Å². The number of carboxylic acid groups (broad SMARTS) is 1. The molecule has 0 radical (unpaired) electrons. The standard InChI is InChI=1S/C11H17NO2/c13-11(14)9-5-7-12(8-6-9)10-3-1-2-4-10/h1,3,9-10H,2,4-8H2,(H,13,14). The van der Waals surface area contributed by atoms with Crippen molar-refractivity contribution in [2.45, 2.75) is 31.7 Å². The van der Waals surface area contributed by atoms with Crippen molar-refractivity contribution in [2.24, 2.45) is 5.92 Å². The number of allylic oxidation sites excluding steroid dienone is 1. The summed E-state index contributed by atoms with van der Waals surface area (Å²) in [4.78, 5) is 13.2. The highest BCUT2D eigenvalue weighted by molar-refractivity contribution is 5.70. The molecule has 0 aromatic carbocycles. The quantitative estimate of drug-likeness (QED) is 0.679. The van der Waals surface area contributed by atoms with E-state index in [-0.39, 0.29) is 5.92 Å². The van der Waals surface area contributed by atoms with Gasteiger partial charge in [-0.15, -0.1) is 0 Å². The molecule has 1 atom stereocenters. The van der Waals surface area contributed by atoms with Gasteiger partial charge in [0.05, 0.1) is 5.92 Å². The molecule has 1 aliphatic carbocycles. The van der Waals surface area contributed by atoms with Crippen LogP contribution in [0.1, 0.15) is 25.7 Å². The molecule has 0 bridgehead atoms. The van der Waals surface area contributed by atoms with Crippen LogP contribution < -0.4 is 0 Å². The summed E-state index contributed by atoms with van der Waals surface area (Å²) in [5.74, 6) is -0.719. The summed E-state index contributed by atoms with van der Waals surface area (Å²) in [6.07, 6.45) is 8.54. The number of nitrogens with zero attached hydrogens (tertiary/aromatic N) is 1. The number of piperidine rings is 1. The van der Waals surface area contributed by atoms with Crippen LogP contribution in [-0.4, -0.2) is 35.1 Å². The fourth-order valence-electron chi connectivity index (χ4n) is 2.40. The Kier molecular flexibility index (Phi) is 2.87. The topological polar surface area (TPSA) is 40.5 Å². The Morgan fingerprint density at radius 2 is 2.00 bits per heavy atom. The molecular weight excluding hydrogens is 178 g/mol. The number of carbonyl (C=O) groups is 1. The highest BCUT2D eigenvalue weighted by Crippen LogP contribution is 2.23. The van der Waals surface area contributed by atoms with Crippen molar-refractivity contribution < 1.29 is 9.90 Å². The monoisotopic (exact) mass is 195 g/mol. The van der Waals surface area contributed by atoms with Gasteiger partial charge in [0.25, 0.3) is 0 Å². The van der Waals surface area contributed by atoms with E-state index in [1.807, 2.05) is 0 Å². The van der Waals surface area contributed by atoms with E-state index in [1.165, 1.54) is 12.8 Å². The van der Waals surface area contributed by atoms with Crippen LogP contribution in [0.2, 0.25) is 0 Å². The molecule has 1 heterocycles. The van der Waals surface area contributed by atoms with Crippen molar-refractivity contribution in [2.75, 3.05) is 13.1 Å². The molecule has 1 unspecified atom stereocenters. The van der Waals surface area contributed by atoms with Gasteiger partial charge in [0.15, 0.2) is 0 Å². The molecule has 0 spiro atoms. The molecule has 0 aromatic rings. The molecule has 2 rings (SSSR count). The lowest BCUT2D eigenvalue weighted by molar-refractivity contribution is -0.143. The predicted molar refractivity (Wildman–Crippen MR) is 54.1 cm³/mol. The van der Waals surface area contributed by atoms with Crippen molar-refractivity contribution in [3.05, 3.63) is 12.2 Å². The molecule has 14 heavy (non-hydrogen) atoms. The third kappa shape index (κ3) is 1.98. The lowest BCUT2D eigenvalue weighted by atomic mass is 9.96. The molecule has 1 fully saturated rings. The maximum atomic E-state index is 10.7. The first-order valence-electron chi connectivity index (χ1n) is 5.41. The normalized spacial score (nSPS) is 29.6. The molecular formula is C11H17NO2. The average Bonchev–Trinajstić information content (AvgIpc) is 2.71. The first kappa shape index (κ1) is 9.71. The summed E-state index contributed by atoms with van der Waals surface area (Å²) in [6.45, 7) is 1.90. The van der Waals surface area contributed by atoms with Crippen LogP contribution in [0.4, 0.5) is 0 Å². The zero-order valence-corrected chi connectivity index (χ0v) is 8.35. The van der Waals surface area contributed by atoms with Gasteiger partial charge in [0.1, 0.15) is 0 Å². The average molecular weight is 195 g/mol. The number of hydrogen-bond acceptors (Lipinski definition) is 2. The Morgan fingerprint density at radius 3 is 2.50 bits per heavy atom. The van der Waals surface area contributed by atoms with Crippen LogP contribution in [0.25, 0.3) is 0 Å². The lowest BCUT2D eigenvalue weighted by Crippen LogP contribution is -2.41. The number of aliphatic carboxylic acids is 1. The molecule has 1 N–H and O–H groups in total. The molecule has 3 nitrogen and oxygen atoms in total. The molecule has 1 aliphatic heterocycles. The summed E-state index contributed by atoms with van der Waals surface area (Å²) >= 11 is 0. The van der Waals surface area contributed by atoms with Gasteiger partial charge in [-0.3, -0.25) is 9.69 Å². The van der Waals surface area contributed by atoms with Gasteiger partial charge in [0, 0.05) is 6.04 Å². The predicted octanol–water partition coefficient (Wildman–Crippen LogP) is 1.50. The molecule has 3 heteroatoms. The number of carboxylic acids is 1. The van der Waals surface area contributed by atoms with Crippen LogP contribution >= 0.6 is 0 Å². The lowest BCUT2D eigenvalue weighted by Gasteiger charge is -2.33. The van der Waals surface area contributed by atoms with E-state index in [2.05, 4.69) is 17.1 Å². The van der Waals surface area contributed by atoms with Crippen molar-refractivity contribution in [3.63, 3.8) is 0 Å². The molecule has 2 aliphatic rings. The Morgan fingerprint density at radius 1 is 1.29 bits per heavy atom. The third-order valence-electron chi connectivity index (χ3n) is 3.34. The van der Waals surface area contributed by atoms with Crippen LogP contribution in [0.3, 0.4) is 0 Å². The number of hydrogen-bond donors (Lipinski definition) is 1. The summed E-state index contributed by atoms with van der Waals surface area (Å²) in [5.41, 5.74) is 0. The van der Waals surface area contributed by atoms with Gasteiger partial charge in [0.2, 0.25) is 0 Å². The van der Waals surface area contributed by atoms with E-state index >= 15 is 0 Å². The Hall–Kier alpha value is -0.830. The minimum absolute atomic E-state index is 0.100. The highest BCUT2D eigenvalue weighted by Gasteiger charge is 2.27. The summed E-state index contributed by atoms with van der Waals surface area (Å²) in [5, 5.41) is 8.86. The Balaban J connectivity index is 1.83. The zero-order chi connectivity index (χ0) is 9.97. The van der Waals surface area contributed by atoms with E-state index in [1.54, 1.807) is 0 Å². The SMILES string of the molecule is O=C(O)C1CCN(C2C=CCC2)CC1. The van der Waals surface area contributed by atoms with Gasteiger partial charge >= 0.3 is 5.97 Å². The summed E-state index contributed by atoms with van der Waals surface area (Å²) in [7, 11) is 0. The summed E-state index contributed by atoms with van der Waals surface area (Å²) in [6, 6.07) is 0.588. The van der Waals surface area contributed by atoms with Crippen LogP contribution in [-0.2, 0) is 4.79 Å². The second kappa shape index (κ2) is 4.13. The minimum Gasteiger partial charge on any atom is -0.481 e. The summed E-state index contributed by atoms with van der Waals surface area (Å²) < 4.78 is 0. The van der Waals surface area contributed by atoms with E-state index in [4.69, 9.17) is 5.11 Å². The maximum Gasteiger partial charge on any atom is 0.306 e. The maximum absolute atomic E-state index is 10.7. The number of likely N-dealkylation sites (tertiary alicyclic amines) is 1. The van der Waals surface area contributed by atoms with Gasteiger partial charge in [-0.05, 0) is 38.8 Å². The Labute approximate surface area is 84.4 Å². The molecule has 0 amide bonds. The third-order valence-corrected chi connectivity index (χ3v) is 3.34. The zero-order valence-electron chi connectivity index (χ0n) is 8.35. The fraction of sp³-hybridized carbons (Fsp3) is 0.727. The van der Waals surface area contributed by atoms with E-state index in [0.29, 0.717) is 6.04 Å². The second-order valence-electron chi connectivity index (χ2n) is 4.22. The van der Waals surface area contributed by atoms with Crippen LogP contribution in [0.15, 0.2) is 12.2 Å². The molecule has 78 valence electrons. The fourth-order valence-corrected chi connectivity index (χ4v) is 2.40. The van der Waals surface area contributed by atoms with Gasteiger partial charge in [-0.1, -0.05) is 12.2 Å². The van der Waals surface area contributed by atoms with E-state index in [9.17, 15) is 4.79 Å². The van der Waals surface area contributed by atoms with Crippen LogP contribution in [0.5, 0.6) is 0 Å². The second-order valence-corrected chi connectivity index (χ2v) is 4.22. The smallest absolute Gasteiger partial charge is 0.306 e. The largest absolute Gasteiger partial charge is 0.481 e. The first-order valence-corrected chi connectivity index (χ1v) is 5.41.